The van der Waals surface area contributed by atoms with E-state index < -0.39 is 0 Å². The maximum atomic E-state index is 13.1. The Bertz CT molecular complexity index is 831. The number of fused-ring (bicyclic) bond motifs is 1. The van der Waals surface area contributed by atoms with Crippen molar-refractivity contribution in [3.63, 3.8) is 0 Å². The number of benzene rings is 1. The van der Waals surface area contributed by atoms with Gasteiger partial charge in [0, 0.05) is 38.9 Å². The van der Waals surface area contributed by atoms with Crippen molar-refractivity contribution in [2.75, 3.05) is 32.7 Å². The lowest BCUT2D eigenvalue weighted by Gasteiger charge is -2.27. The van der Waals surface area contributed by atoms with E-state index >= 15 is 0 Å². The number of amides is 1. The lowest BCUT2D eigenvalue weighted by atomic mass is 9.88. The minimum Gasteiger partial charge on any atom is -0.338 e. The highest BCUT2D eigenvalue weighted by molar-refractivity contribution is 5.96. The third kappa shape index (κ3) is 4.09. The van der Waals surface area contributed by atoms with Gasteiger partial charge in [-0.1, -0.05) is 44.2 Å². The molecule has 1 aromatic carbocycles. The second-order valence-electron chi connectivity index (χ2n) is 9.21. The van der Waals surface area contributed by atoms with E-state index in [4.69, 9.17) is 0 Å². The Kier molecular flexibility index (Phi) is 5.73. The first kappa shape index (κ1) is 20.1. The number of hydrogen-bond acceptors (Lipinski definition) is 3. The van der Waals surface area contributed by atoms with Crippen LogP contribution >= 0.6 is 0 Å². The molecule has 3 heterocycles. The number of carbonyl (C=O) groups is 1. The topological polar surface area (TPSA) is 36.4 Å². The second-order valence-corrected chi connectivity index (χ2v) is 9.21. The molecule has 0 saturated carbocycles. The lowest BCUT2D eigenvalue weighted by molar-refractivity contribution is 0.0770. The van der Waals surface area contributed by atoms with Crippen LogP contribution in [0.1, 0.15) is 46.9 Å². The van der Waals surface area contributed by atoms with E-state index in [1.807, 2.05) is 19.9 Å². The molecule has 3 unspecified atom stereocenters. The molecule has 4 atom stereocenters. The highest BCUT2D eigenvalue weighted by Crippen LogP contribution is 2.34. The summed E-state index contributed by atoms with van der Waals surface area (Å²) in [6, 6.07) is 12.8. The first-order valence-electron chi connectivity index (χ1n) is 10.9. The summed E-state index contributed by atoms with van der Waals surface area (Å²) in [5.74, 6) is 2.56. The predicted molar refractivity (Wildman–Crippen MR) is 117 cm³/mol. The maximum absolute atomic E-state index is 13.1. The number of aromatic nitrogens is 1. The summed E-state index contributed by atoms with van der Waals surface area (Å²) in [6.45, 7) is 13.8. The molecule has 0 aliphatic carbocycles. The fraction of sp³-hybridized carbons (Fsp3) is 0.520. The van der Waals surface area contributed by atoms with Gasteiger partial charge in [-0.25, -0.2) is 0 Å². The number of carbonyl (C=O) groups excluding carboxylic acids is 1. The summed E-state index contributed by atoms with van der Waals surface area (Å²) >= 11 is 0. The molecule has 2 aliphatic heterocycles. The molecule has 1 aromatic heterocycles. The minimum absolute atomic E-state index is 0.167. The summed E-state index contributed by atoms with van der Waals surface area (Å²) < 4.78 is 0. The third-order valence-electron chi connectivity index (χ3n) is 7.14. The highest BCUT2D eigenvalue weighted by Gasteiger charge is 2.42. The van der Waals surface area contributed by atoms with Gasteiger partial charge in [0.15, 0.2) is 0 Å². The van der Waals surface area contributed by atoms with Gasteiger partial charge in [0.05, 0.1) is 11.3 Å². The van der Waals surface area contributed by atoms with Crippen molar-refractivity contribution in [3.05, 3.63) is 65.0 Å². The summed E-state index contributed by atoms with van der Waals surface area (Å²) in [5.41, 5.74) is 4.11. The molecule has 2 aromatic rings. The van der Waals surface area contributed by atoms with Crippen LogP contribution in [0.15, 0.2) is 42.6 Å². The second kappa shape index (κ2) is 8.27. The number of aryl methyl sites for hydroxylation is 2. The van der Waals surface area contributed by atoms with Crippen LogP contribution in [0.2, 0.25) is 0 Å². The molecule has 4 nitrogen and oxygen atoms in total. The molecule has 154 valence electrons. The van der Waals surface area contributed by atoms with Gasteiger partial charge in [-0.15, -0.1) is 0 Å². The average Bonchev–Trinajstić information content (AvgIpc) is 3.26. The number of pyridine rings is 1. The monoisotopic (exact) mass is 391 g/mol. The number of likely N-dealkylation sites (tertiary alicyclic amines) is 2. The summed E-state index contributed by atoms with van der Waals surface area (Å²) in [4.78, 5) is 22.1. The van der Waals surface area contributed by atoms with Gasteiger partial charge in [-0.2, -0.15) is 0 Å². The molecule has 29 heavy (non-hydrogen) atoms. The third-order valence-corrected chi connectivity index (χ3v) is 7.14. The van der Waals surface area contributed by atoms with Crippen LogP contribution < -0.4 is 0 Å². The first-order valence-corrected chi connectivity index (χ1v) is 10.9. The summed E-state index contributed by atoms with van der Waals surface area (Å²) in [5, 5.41) is 0. The van der Waals surface area contributed by atoms with Crippen molar-refractivity contribution in [3.8, 4) is 0 Å². The minimum atomic E-state index is 0.167. The van der Waals surface area contributed by atoms with Crippen LogP contribution in [-0.4, -0.2) is 53.4 Å². The van der Waals surface area contributed by atoms with Crippen LogP contribution in [-0.2, 0) is 0 Å². The summed E-state index contributed by atoms with van der Waals surface area (Å²) in [6.07, 6.45) is 1.79. The Labute approximate surface area is 174 Å². The highest BCUT2D eigenvalue weighted by atomic mass is 16.2. The number of rotatable bonds is 5. The standard InChI is InChI=1S/C25H33N3O/c1-17-10-11-26-20(4)24(17)25(29)28-15-22-13-27(14-23(22)16-28)12-18(2)19(3)21-8-6-5-7-9-21/h5-11,18-19,22-23H,12-16H2,1-4H3/t18?,19-,22?,23?/m0/s1. The van der Waals surface area contributed by atoms with Gasteiger partial charge in [-0.3, -0.25) is 9.78 Å². The maximum Gasteiger partial charge on any atom is 0.255 e. The zero-order valence-corrected chi connectivity index (χ0v) is 18.1. The molecular weight excluding hydrogens is 358 g/mol. The largest absolute Gasteiger partial charge is 0.338 e. The van der Waals surface area contributed by atoms with Crippen LogP contribution in [0, 0.1) is 31.6 Å². The van der Waals surface area contributed by atoms with Crippen molar-refractivity contribution in [2.45, 2.75) is 33.6 Å². The molecule has 4 heteroatoms. The molecule has 0 spiro atoms. The first-order chi connectivity index (χ1) is 13.9. The zero-order valence-electron chi connectivity index (χ0n) is 18.1. The number of hydrogen-bond donors (Lipinski definition) is 0. The molecule has 0 radical (unpaired) electrons. The van der Waals surface area contributed by atoms with Crippen molar-refractivity contribution < 1.29 is 4.79 Å². The molecule has 4 rings (SSSR count). The van der Waals surface area contributed by atoms with Gasteiger partial charge < -0.3 is 9.80 Å². The smallest absolute Gasteiger partial charge is 0.255 e. The van der Waals surface area contributed by atoms with E-state index in [1.54, 1.807) is 6.20 Å². The molecular formula is C25H33N3O. The van der Waals surface area contributed by atoms with Crippen LogP contribution in [0.4, 0.5) is 0 Å². The van der Waals surface area contributed by atoms with Gasteiger partial charge in [0.2, 0.25) is 0 Å². The van der Waals surface area contributed by atoms with Gasteiger partial charge in [-0.05, 0) is 54.7 Å². The predicted octanol–water partition coefficient (Wildman–Crippen LogP) is 4.14. The van der Waals surface area contributed by atoms with Crippen LogP contribution in [0.5, 0.6) is 0 Å². The van der Waals surface area contributed by atoms with E-state index in [0.29, 0.717) is 23.7 Å². The van der Waals surface area contributed by atoms with Gasteiger partial charge >= 0.3 is 0 Å². The van der Waals surface area contributed by atoms with Crippen molar-refractivity contribution in [2.24, 2.45) is 17.8 Å². The van der Waals surface area contributed by atoms with Gasteiger partial charge in [0.1, 0.15) is 0 Å². The van der Waals surface area contributed by atoms with Crippen LogP contribution in [0.3, 0.4) is 0 Å². The summed E-state index contributed by atoms with van der Waals surface area (Å²) in [7, 11) is 0. The Morgan fingerprint density at radius 1 is 1.03 bits per heavy atom. The molecule has 0 N–H and O–H groups in total. The normalized spacial score (nSPS) is 23.8. The Balaban J connectivity index is 1.34. The van der Waals surface area contributed by atoms with Crippen molar-refractivity contribution in [1.29, 1.82) is 0 Å². The van der Waals surface area contributed by atoms with E-state index in [-0.39, 0.29) is 5.91 Å². The Hall–Kier alpha value is -2.20. The SMILES string of the molecule is Cc1ccnc(C)c1C(=O)N1CC2CN(CC(C)[C@H](C)c3ccccc3)CC2C1. The van der Waals surface area contributed by atoms with E-state index in [1.165, 1.54) is 5.56 Å². The molecule has 0 bridgehead atoms. The molecule has 2 fully saturated rings. The van der Waals surface area contributed by atoms with Crippen LogP contribution in [0.25, 0.3) is 0 Å². The van der Waals surface area contributed by atoms with E-state index in [0.717, 1.165) is 49.5 Å². The number of nitrogens with zero attached hydrogens (tertiary/aromatic N) is 3. The quantitative estimate of drug-likeness (QED) is 0.768. The molecule has 2 aliphatic rings. The fourth-order valence-corrected chi connectivity index (χ4v) is 5.23. The molecule has 2 saturated heterocycles. The zero-order chi connectivity index (χ0) is 20.5. The Morgan fingerprint density at radius 2 is 1.69 bits per heavy atom. The fourth-order valence-electron chi connectivity index (χ4n) is 5.23. The van der Waals surface area contributed by atoms with E-state index in [2.05, 4.69) is 59.0 Å². The lowest BCUT2D eigenvalue weighted by Crippen LogP contribution is -2.35. The van der Waals surface area contributed by atoms with Gasteiger partial charge in [0.25, 0.3) is 5.91 Å². The van der Waals surface area contributed by atoms with Crippen molar-refractivity contribution in [1.82, 2.24) is 14.8 Å². The average molecular weight is 392 g/mol. The Morgan fingerprint density at radius 3 is 2.31 bits per heavy atom. The van der Waals surface area contributed by atoms with Crippen molar-refractivity contribution >= 4 is 5.91 Å². The van der Waals surface area contributed by atoms with E-state index in [9.17, 15) is 4.79 Å². The molecule has 1 amide bonds.